The van der Waals surface area contributed by atoms with Crippen molar-refractivity contribution < 1.29 is 17.9 Å². The number of nitrogens with zero attached hydrogens (tertiary/aromatic N) is 3. The lowest BCUT2D eigenvalue weighted by Crippen LogP contribution is -2.38. The number of aromatic nitrogens is 2. The molecule has 192 valence electrons. The normalized spacial score (nSPS) is 15.9. The summed E-state index contributed by atoms with van der Waals surface area (Å²) in [4.78, 5) is 19.5. The van der Waals surface area contributed by atoms with E-state index < -0.39 is 9.84 Å². The van der Waals surface area contributed by atoms with Gasteiger partial charge in [0, 0.05) is 19.2 Å². The lowest BCUT2D eigenvalue weighted by molar-refractivity contribution is -0.132. The van der Waals surface area contributed by atoms with E-state index in [1.165, 1.54) is 0 Å². The second-order valence-electron chi connectivity index (χ2n) is 9.75. The average Bonchev–Trinajstić information content (AvgIpc) is 3.51. The number of carbonyl (C=O) groups excluding carboxylic acids is 1. The Balaban J connectivity index is 1.62. The molecule has 0 unspecified atom stereocenters. The highest BCUT2D eigenvalue weighted by atomic mass is 32.2. The van der Waals surface area contributed by atoms with Gasteiger partial charge in [-0.15, -0.1) is 0 Å². The first-order valence-corrected chi connectivity index (χ1v) is 14.2. The number of imidazole rings is 1. The van der Waals surface area contributed by atoms with E-state index in [0.717, 1.165) is 29.5 Å². The summed E-state index contributed by atoms with van der Waals surface area (Å²) in [6.07, 6.45) is 3.76. The smallest absolute Gasteiger partial charge is 0.228 e. The molecule has 0 spiro atoms. The van der Waals surface area contributed by atoms with Crippen LogP contribution in [0.25, 0.3) is 0 Å². The van der Waals surface area contributed by atoms with Crippen molar-refractivity contribution in [2.24, 2.45) is 0 Å². The Labute approximate surface area is 214 Å². The van der Waals surface area contributed by atoms with E-state index >= 15 is 0 Å². The van der Waals surface area contributed by atoms with E-state index in [0.29, 0.717) is 18.8 Å². The standard InChI is InChI=1S/C28H35N3O4S/c1-21(2)31-25(17-29-28(31)36(33,34)20-24-13-8-7-10-22(24)3)18-30(19-26-14-9-15-35-26)27(32)16-23-11-5-4-6-12-23/h4-8,10-13,17,21,26H,9,14-16,18-20H2,1-3H3/t26-/m0/s1. The molecule has 7 nitrogen and oxygen atoms in total. The van der Waals surface area contributed by atoms with Crippen molar-refractivity contribution in [2.75, 3.05) is 13.2 Å². The predicted molar refractivity (Wildman–Crippen MR) is 139 cm³/mol. The van der Waals surface area contributed by atoms with Crippen LogP contribution in [0, 0.1) is 6.92 Å². The molecule has 0 aliphatic carbocycles. The third kappa shape index (κ3) is 6.23. The molecule has 0 N–H and O–H groups in total. The molecular formula is C28H35N3O4S. The first-order chi connectivity index (χ1) is 17.2. The van der Waals surface area contributed by atoms with Gasteiger partial charge in [-0.2, -0.15) is 0 Å². The molecule has 4 rings (SSSR count). The minimum Gasteiger partial charge on any atom is -0.376 e. The molecule has 1 aliphatic rings. The summed E-state index contributed by atoms with van der Waals surface area (Å²) in [7, 11) is -3.69. The molecule has 1 aliphatic heterocycles. The van der Waals surface area contributed by atoms with Gasteiger partial charge >= 0.3 is 0 Å². The van der Waals surface area contributed by atoms with Crippen LogP contribution < -0.4 is 0 Å². The fourth-order valence-electron chi connectivity index (χ4n) is 4.68. The van der Waals surface area contributed by atoms with Crippen molar-refractivity contribution in [2.45, 2.75) is 69.6 Å². The van der Waals surface area contributed by atoms with Gasteiger partial charge in [-0.1, -0.05) is 54.6 Å². The van der Waals surface area contributed by atoms with Gasteiger partial charge in [-0.25, -0.2) is 13.4 Å². The summed E-state index contributed by atoms with van der Waals surface area (Å²) >= 11 is 0. The maximum absolute atomic E-state index is 13.4. The first kappa shape index (κ1) is 26.1. The van der Waals surface area contributed by atoms with Gasteiger partial charge in [0.15, 0.2) is 0 Å². The molecule has 8 heteroatoms. The lowest BCUT2D eigenvalue weighted by Gasteiger charge is -2.27. The maximum atomic E-state index is 13.4. The summed E-state index contributed by atoms with van der Waals surface area (Å²) in [5.74, 6) is -0.132. The topological polar surface area (TPSA) is 81.5 Å². The van der Waals surface area contributed by atoms with Crippen molar-refractivity contribution >= 4 is 15.7 Å². The third-order valence-electron chi connectivity index (χ3n) is 6.59. The lowest BCUT2D eigenvalue weighted by atomic mass is 10.1. The van der Waals surface area contributed by atoms with Crippen molar-refractivity contribution in [1.29, 1.82) is 0 Å². The number of sulfone groups is 1. The molecule has 1 saturated heterocycles. The Bertz CT molecular complexity index is 1280. The zero-order chi connectivity index (χ0) is 25.7. The fraction of sp³-hybridized carbons (Fsp3) is 0.429. The number of ether oxygens (including phenoxy) is 1. The quantitative estimate of drug-likeness (QED) is 0.402. The van der Waals surface area contributed by atoms with E-state index in [1.807, 2.05) is 75.4 Å². The van der Waals surface area contributed by atoms with E-state index in [2.05, 4.69) is 4.98 Å². The van der Waals surface area contributed by atoms with Gasteiger partial charge in [0.25, 0.3) is 0 Å². The van der Waals surface area contributed by atoms with Gasteiger partial charge < -0.3 is 14.2 Å². The molecule has 36 heavy (non-hydrogen) atoms. The molecule has 1 aromatic heterocycles. The molecule has 0 saturated carbocycles. The van der Waals surface area contributed by atoms with Gasteiger partial charge in [0.2, 0.25) is 20.9 Å². The minimum absolute atomic E-state index is 0.00981. The fourth-order valence-corrected chi connectivity index (χ4v) is 6.39. The molecule has 2 heterocycles. The molecular weight excluding hydrogens is 474 g/mol. The second kappa shape index (κ2) is 11.4. The first-order valence-electron chi connectivity index (χ1n) is 12.5. The van der Waals surface area contributed by atoms with Crippen molar-refractivity contribution in [3.63, 3.8) is 0 Å². The van der Waals surface area contributed by atoms with Crippen molar-refractivity contribution in [3.05, 3.63) is 83.2 Å². The monoisotopic (exact) mass is 509 g/mol. The number of aryl methyl sites for hydroxylation is 1. The molecule has 0 radical (unpaired) electrons. The van der Waals surface area contributed by atoms with E-state index in [4.69, 9.17) is 4.74 Å². The maximum Gasteiger partial charge on any atom is 0.228 e. The number of amides is 1. The summed E-state index contributed by atoms with van der Waals surface area (Å²) in [5.41, 5.74) is 3.33. The largest absolute Gasteiger partial charge is 0.376 e. The van der Waals surface area contributed by atoms with Crippen LogP contribution in [-0.4, -0.2) is 48.0 Å². The number of hydrogen-bond donors (Lipinski definition) is 0. The van der Waals surface area contributed by atoms with E-state index in [9.17, 15) is 13.2 Å². The zero-order valence-electron chi connectivity index (χ0n) is 21.3. The zero-order valence-corrected chi connectivity index (χ0v) is 22.1. The van der Waals surface area contributed by atoms with Crippen molar-refractivity contribution in [3.8, 4) is 0 Å². The SMILES string of the molecule is Cc1ccccc1CS(=O)(=O)c1ncc(CN(C[C@@H]2CCCO2)C(=O)Cc2ccccc2)n1C(C)C. The molecule has 0 bridgehead atoms. The van der Waals surface area contributed by atoms with Crippen LogP contribution >= 0.6 is 0 Å². The highest BCUT2D eigenvalue weighted by Gasteiger charge is 2.29. The van der Waals surface area contributed by atoms with Crippen LogP contribution in [0.15, 0.2) is 66.0 Å². The van der Waals surface area contributed by atoms with Gasteiger partial charge in [-0.05, 0) is 50.3 Å². The highest BCUT2D eigenvalue weighted by Crippen LogP contribution is 2.24. The van der Waals surface area contributed by atoms with Gasteiger partial charge in [0.1, 0.15) is 0 Å². The predicted octanol–water partition coefficient (Wildman–Crippen LogP) is 4.50. The average molecular weight is 510 g/mol. The van der Waals surface area contributed by atoms with Crippen LogP contribution in [0.4, 0.5) is 0 Å². The van der Waals surface area contributed by atoms with Gasteiger partial charge in [0.05, 0.1) is 36.7 Å². The molecule has 1 atom stereocenters. The van der Waals surface area contributed by atoms with Crippen LogP contribution in [0.2, 0.25) is 0 Å². The molecule has 3 aromatic rings. The Hall–Kier alpha value is -2.97. The van der Waals surface area contributed by atoms with E-state index in [-0.39, 0.29) is 41.9 Å². The highest BCUT2D eigenvalue weighted by molar-refractivity contribution is 7.90. The van der Waals surface area contributed by atoms with Crippen LogP contribution in [0.3, 0.4) is 0 Å². The molecule has 2 aromatic carbocycles. The molecule has 1 fully saturated rings. The number of carbonyl (C=O) groups is 1. The Morgan fingerprint density at radius 2 is 1.86 bits per heavy atom. The summed E-state index contributed by atoms with van der Waals surface area (Å²) < 4.78 is 34.5. The Morgan fingerprint density at radius 1 is 1.14 bits per heavy atom. The Morgan fingerprint density at radius 3 is 2.53 bits per heavy atom. The summed E-state index contributed by atoms with van der Waals surface area (Å²) in [6.45, 7) is 7.24. The van der Waals surface area contributed by atoms with Crippen LogP contribution in [0.1, 0.15) is 55.1 Å². The van der Waals surface area contributed by atoms with Gasteiger partial charge in [-0.3, -0.25) is 4.79 Å². The number of hydrogen-bond acceptors (Lipinski definition) is 5. The van der Waals surface area contributed by atoms with Crippen molar-refractivity contribution in [1.82, 2.24) is 14.5 Å². The van der Waals surface area contributed by atoms with Crippen LogP contribution in [-0.2, 0) is 38.1 Å². The van der Waals surface area contributed by atoms with Crippen LogP contribution in [0.5, 0.6) is 0 Å². The summed E-state index contributed by atoms with van der Waals surface area (Å²) in [6, 6.07) is 17.0. The number of rotatable bonds is 10. The molecule has 1 amide bonds. The second-order valence-corrected chi connectivity index (χ2v) is 11.6. The number of benzene rings is 2. The summed E-state index contributed by atoms with van der Waals surface area (Å²) in [5, 5.41) is 0.0447. The van der Waals surface area contributed by atoms with E-state index in [1.54, 1.807) is 15.7 Å². The third-order valence-corrected chi connectivity index (χ3v) is 8.14. The Kier molecular flexibility index (Phi) is 8.26. The minimum atomic E-state index is -3.69.